The second-order valence-corrected chi connectivity index (χ2v) is 7.25. The SMILES string of the molecule is CCOc1ccc(C(NC(=O)C2CCCC(C(=O)O)C2)c2ccccc2)cc1. The molecule has 0 aliphatic heterocycles. The fraction of sp³-hybridized carbons (Fsp3) is 0.391. The zero-order valence-corrected chi connectivity index (χ0v) is 16.1. The van der Waals surface area contributed by atoms with Crippen LogP contribution in [0.4, 0.5) is 0 Å². The number of amides is 1. The Labute approximate surface area is 165 Å². The zero-order chi connectivity index (χ0) is 19.9. The first-order valence-electron chi connectivity index (χ1n) is 9.89. The highest BCUT2D eigenvalue weighted by Gasteiger charge is 2.32. The molecule has 3 rings (SSSR count). The number of ether oxygens (including phenoxy) is 1. The Morgan fingerprint density at radius 3 is 2.32 bits per heavy atom. The molecule has 1 fully saturated rings. The van der Waals surface area contributed by atoms with Crippen LogP contribution in [0, 0.1) is 11.8 Å². The van der Waals surface area contributed by atoms with Gasteiger partial charge in [-0.1, -0.05) is 48.9 Å². The van der Waals surface area contributed by atoms with E-state index in [0.717, 1.165) is 29.7 Å². The quantitative estimate of drug-likeness (QED) is 0.754. The van der Waals surface area contributed by atoms with Gasteiger partial charge in [0.05, 0.1) is 18.6 Å². The molecule has 0 aromatic heterocycles. The van der Waals surface area contributed by atoms with Crippen molar-refractivity contribution < 1.29 is 19.4 Å². The molecule has 148 valence electrons. The smallest absolute Gasteiger partial charge is 0.306 e. The molecule has 1 aliphatic rings. The molecule has 3 unspecified atom stereocenters. The maximum Gasteiger partial charge on any atom is 0.306 e. The van der Waals surface area contributed by atoms with E-state index in [2.05, 4.69) is 5.32 Å². The summed E-state index contributed by atoms with van der Waals surface area (Å²) in [6.45, 7) is 2.54. The van der Waals surface area contributed by atoms with Crippen molar-refractivity contribution in [3.8, 4) is 5.75 Å². The summed E-state index contributed by atoms with van der Waals surface area (Å²) < 4.78 is 5.51. The summed E-state index contributed by atoms with van der Waals surface area (Å²) >= 11 is 0. The maximum atomic E-state index is 13.0. The molecule has 5 heteroatoms. The molecule has 1 saturated carbocycles. The van der Waals surface area contributed by atoms with Crippen LogP contribution >= 0.6 is 0 Å². The molecule has 5 nitrogen and oxygen atoms in total. The van der Waals surface area contributed by atoms with Gasteiger partial charge >= 0.3 is 5.97 Å². The summed E-state index contributed by atoms with van der Waals surface area (Å²) in [4.78, 5) is 24.3. The van der Waals surface area contributed by atoms with E-state index in [9.17, 15) is 14.7 Å². The van der Waals surface area contributed by atoms with Gasteiger partial charge in [0.1, 0.15) is 5.75 Å². The minimum Gasteiger partial charge on any atom is -0.494 e. The molecular formula is C23H27NO4. The van der Waals surface area contributed by atoms with Crippen molar-refractivity contribution in [2.24, 2.45) is 11.8 Å². The standard InChI is InChI=1S/C23H27NO4/c1-2-28-20-13-11-17(12-14-20)21(16-7-4-3-5-8-16)24-22(25)18-9-6-10-19(15-18)23(26)27/h3-5,7-8,11-14,18-19,21H,2,6,9-10,15H2,1H3,(H,24,25)(H,26,27). The van der Waals surface area contributed by atoms with E-state index in [-0.39, 0.29) is 17.9 Å². The van der Waals surface area contributed by atoms with Crippen molar-refractivity contribution in [3.05, 3.63) is 65.7 Å². The third-order valence-electron chi connectivity index (χ3n) is 5.34. The zero-order valence-electron chi connectivity index (χ0n) is 16.1. The summed E-state index contributed by atoms with van der Waals surface area (Å²) in [6, 6.07) is 17.3. The van der Waals surface area contributed by atoms with Gasteiger partial charge < -0.3 is 15.2 Å². The van der Waals surface area contributed by atoms with Crippen LogP contribution < -0.4 is 10.1 Å². The highest BCUT2D eigenvalue weighted by Crippen LogP contribution is 2.31. The number of aliphatic carboxylic acids is 1. The molecule has 0 saturated heterocycles. The number of carboxylic acid groups (broad SMARTS) is 1. The Hall–Kier alpha value is -2.82. The Kier molecular flexibility index (Phi) is 6.69. The first-order valence-corrected chi connectivity index (χ1v) is 9.89. The summed E-state index contributed by atoms with van der Waals surface area (Å²) in [5.74, 6) is -0.771. The van der Waals surface area contributed by atoms with Crippen molar-refractivity contribution in [1.29, 1.82) is 0 Å². The van der Waals surface area contributed by atoms with E-state index in [0.29, 0.717) is 19.4 Å². The summed E-state index contributed by atoms with van der Waals surface area (Å²) in [6.07, 6.45) is 2.57. The number of rotatable bonds is 7. The van der Waals surface area contributed by atoms with Gasteiger partial charge in [-0.15, -0.1) is 0 Å². The lowest BCUT2D eigenvalue weighted by Crippen LogP contribution is -2.37. The van der Waals surface area contributed by atoms with Crippen molar-refractivity contribution >= 4 is 11.9 Å². The van der Waals surface area contributed by atoms with Gasteiger partial charge in [0.2, 0.25) is 5.91 Å². The van der Waals surface area contributed by atoms with Gasteiger partial charge in [-0.3, -0.25) is 9.59 Å². The predicted molar refractivity (Wildman–Crippen MR) is 107 cm³/mol. The lowest BCUT2D eigenvalue weighted by Gasteiger charge is -2.28. The minimum absolute atomic E-state index is 0.0753. The molecule has 2 N–H and O–H groups in total. The topological polar surface area (TPSA) is 75.6 Å². The van der Waals surface area contributed by atoms with Gasteiger partial charge in [-0.05, 0) is 49.4 Å². The number of hydrogen-bond acceptors (Lipinski definition) is 3. The van der Waals surface area contributed by atoms with E-state index in [4.69, 9.17) is 4.74 Å². The second-order valence-electron chi connectivity index (χ2n) is 7.25. The van der Waals surface area contributed by atoms with Crippen LogP contribution in [0.1, 0.15) is 49.8 Å². The van der Waals surface area contributed by atoms with Crippen LogP contribution in [-0.4, -0.2) is 23.6 Å². The normalized spacial score (nSPS) is 20.2. The summed E-state index contributed by atoms with van der Waals surface area (Å²) in [7, 11) is 0. The minimum atomic E-state index is -0.802. The molecule has 1 amide bonds. The Bertz CT molecular complexity index is 788. The number of nitrogens with one attached hydrogen (secondary N) is 1. The van der Waals surface area contributed by atoms with Crippen LogP contribution in [0.25, 0.3) is 0 Å². The third kappa shape index (κ3) is 4.91. The lowest BCUT2D eigenvalue weighted by atomic mass is 9.80. The van der Waals surface area contributed by atoms with Crippen LogP contribution in [-0.2, 0) is 9.59 Å². The molecular weight excluding hydrogens is 354 g/mol. The van der Waals surface area contributed by atoms with E-state index in [1.807, 2.05) is 61.5 Å². The first kappa shape index (κ1) is 19.9. The lowest BCUT2D eigenvalue weighted by molar-refractivity contribution is -0.144. The second kappa shape index (κ2) is 9.40. The number of carbonyl (C=O) groups is 2. The van der Waals surface area contributed by atoms with Crippen molar-refractivity contribution in [2.45, 2.75) is 38.6 Å². The Balaban J connectivity index is 1.79. The molecule has 0 bridgehead atoms. The highest BCUT2D eigenvalue weighted by molar-refractivity contribution is 5.81. The van der Waals surface area contributed by atoms with Gasteiger partial charge in [0, 0.05) is 5.92 Å². The summed E-state index contributed by atoms with van der Waals surface area (Å²) in [5, 5.41) is 12.5. The van der Waals surface area contributed by atoms with Gasteiger partial charge in [0.15, 0.2) is 0 Å². The maximum absolute atomic E-state index is 13.0. The van der Waals surface area contributed by atoms with Crippen molar-refractivity contribution in [2.75, 3.05) is 6.61 Å². The predicted octanol–water partition coefficient (Wildman–Crippen LogP) is 4.18. The monoisotopic (exact) mass is 381 g/mol. The fourth-order valence-corrected chi connectivity index (χ4v) is 3.84. The highest BCUT2D eigenvalue weighted by atomic mass is 16.5. The molecule has 2 aromatic rings. The average Bonchev–Trinajstić information content (AvgIpc) is 2.73. The Morgan fingerprint density at radius 2 is 1.68 bits per heavy atom. The van der Waals surface area contributed by atoms with Gasteiger partial charge in [-0.25, -0.2) is 0 Å². The van der Waals surface area contributed by atoms with E-state index in [1.165, 1.54) is 0 Å². The fourth-order valence-electron chi connectivity index (χ4n) is 3.84. The molecule has 28 heavy (non-hydrogen) atoms. The Morgan fingerprint density at radius 1 is 1.04 bits per heavy atom. The number of carboxylic acids is 1. The van der Waals surface area contributed by atoms with Gasteiger partial charge in [0.25, 0.3) is 0 Å². The van der Waals surface area contributed by atoms with Crippen LogP contribution in [0.2, 0.25) is 0 Å². The molecule has 0 radical (unpaired) electrons. The molecule has 1 aliphatic carbocycles. The van der Waals surface area contributed by atoms with E-state index in [1.54, 1.807) is 0 Å². The molecule has 3 atom stereocenters. The van der Waals surface area contributed by atoms with Crippen LogP contribution in [0.5, 0.6) is 5.75 Å². The van der Waals surface area contributed by atoms with E-state index < -0.39 is 11.9 Å². The summed E-state index contributed by atoms with van der Waals surface area (Å²) in [5.41, 5.74) is 1.96. The van der Waals surface area contributed by atoms with Crippen LogP contribution in [0.3, 0.4) is 0 Å². The first-order chi connectivity index (χ1) is 13.6. The molecule has 0 heterocycles. The largest absolute Gasteiger partial charge is 0.494 e. The number of carbonyl (C=O) groups excluding carboxylic acids is 1. The average molecular weight is 381 g/mol. The molecule has 2 aromatic carbocycles. The van der Waals surface area contributed by atoms with E-state index >= 15 is 0 Å². The number of hydrogen-bond donors (Lipinski definition) is 2. The number of benzene rings is 2. The molecule has 0 spiro atoms. The van der Waals surface area contributed by atoms with Gasteiger partial charge in [-0.2, -0.15) is 0 Å². The van der Waals surface area contributed by atoms with Crippen molar-refractivity contribution in [3.63, 3.8) is 0 Å². The van der Waals surface area contributed by atoms with Crippen molar-refractivity contribution in [1.82, 2.24) is 5.32 Å². The third-order valence-corrected chi connectivity index (χ3v) is 5.34. The van der Waals surface area contributed by atoms with Crippen LogP contribution in [0.15, 0.2) is 54.6 Å².